The number of likely N-dealkylation sites (N-methyl/N-ethyl adjacent to an activating group) is 1. The van der Waals surface area contributed by atoms with E-state index < -0.39 is 6.10 Å². The van der Waals surface area contributed by atoms with Crippen LogP contribution in [0.3, 0.4) is 0 Å². The highest BCUT2D eigenvalue weighted by Gasteiger charge is 2.53. The number of urea groups is 1. The van der Waals surface area contributed by atoms with E-state index in [1.165, 1.54) is 12.8 Å². The second-order valence-electron chi connectivity index (χ2n) is 7.68. The maximum absolute atomic E-state index is 12.6. The molecule has 2 saturated heterocycles. The molecule has 0 aromatic heterocycles. The number of amides is 3. The molecule has 140 valence electrons. The largest absolute Gasteiger partial charge is 0.368 e. The first-order valence-corrected chi connectivity index (χ1v) is 9.52. The zero-order chi connectivity index (χ0) is 18.4. The van der Waals surface area contributed by atoms with Gasteiger partial charge in [0.2, 0.25) is 0 Å². The molecule has 0 bridgehead atoms. The number of nitrogens with zero attached hydrogens (tertiary/aromatic N) is 2. The lowest BCUT2D eigenvalue weighted by molar-refractivity contribution is -0.138. The van der Waals surface area contributed by atoms with Gasteiger partial charge in [0.15, 0.2) is 0 Å². The normalized spacial score (nSPS) is 27.8. The molecule has 3 fully saturated rings. The summed E-state index contributed by atoms with van der Waals surface area (Å²) in [4.78, 5) is 28.6. The van der Waals surface area contributed by atoms with Crippen LogP contribution in [0.4, 0.5) is 10.5 Å². The summed E-state index contributed by atoms with van der Waals surface area (Å²) in [5.74, 6) is 0.698. The second kappa shape index (κ2) is 6.74. The van der Waals surface area contributed by atoms with Crippen molar-refractivity contribution in [2.24, 2.45) is 11.8 Å². The van der Waals surface area contributed by atoms with Crippen molar-refractivity contribution in [3.8, 4) is 0 Å². The van der Waals surface area contributed by atoms with E-state index >= 15 is 0 Å². The van der Waals surface area contributed by atoms with E-state index in [1.54, 1.807) is 15.9 Å². The standard InChI is InChI=1S/C19H24ClN3O3/c1-11-3-6-13(7-15(11)20)21-19(25)23-8-14-16(9-23)22(2)18(24)17(14)26-10-12-4-5-12/h3,6-7,12,14,16-17H,4-5,8-10H2,1-2H3,(H,21,25)/t14-,16+,17-/m0/s1. The molecule has 6 nitrogen and oxygen atoms in total. The summed E-state index contributed by atoms with van der Waals surface area (Å²) in [7, 11) is 1.81. The topological polar surface area (TPSA) is 61.9 Å². The number of fused-ring (bicyclic) bond motifs is 1. The molecule has 3 aliphatic rings. The molecular formula is C19H24ClN3O3. The Hall–Kier alpha value is -1.79. The molecule has 1 aromatic rings. The highest BCUT2D eigenvalue weighted by atomic mass is 35.5. The lowest BCUT2D eigenvalue weighted by Gasteiger charge is -2.22. The molecule has 7 heteroatoms. The molecule has 1 aromatic carbocycles. The second-order valence-corrected chi connectivity index (χ2v) is 8.08. The van der Waals surface area contributed by atoms with Gasteiger partial charge in [0, 0.05) is 36.8 Å². The zero-order valence-electron chi connectivity index (χ0n) is 15.1. The van der Waals surface area contributed by atoms with Crippen molar-refractivity contribution in [2.75, 3.05) is 32.1 Å². The number of hydrogen-bond donors (Lipinski definition) is 1. The Labute approximate surface area is 158 Å². The number of carbonyl (C=O) groups excluding carboxylic acids is 2. The van der Waals surface area contributed by atoms with Gasteiger partial charge in [0.05, 0.1) is 12.6 Å². The van der Waals surface area contributed by atoms with Crippen molar-refractivity contribution in [3.05, 3.63) is 28.8 Å². The number of ether oxygens (including phenoxy) is 1. The fourth-order valence-corrected chi connectivity index (χ4v) is 4.01. The van der Waals surface area contributed by atoms with Crippen molar-refractivity contribution >= 4 is 29.2 Å². The van der Waals surface area contributed by atoms with Crippen LogP contribution in [0, 0.1) is 18.8 Å². The van der Waals surface area contributed by atoms with Gasteiger partial charge in [-0.15, -0.1) is 0 Å². The lowest BCUT2D eigenvalue weighted by Crippen LogP contribution is -2.40. The summed E-state index contributed by atoms with van der Waals surface area (Å²) >= 11 is 6.13. The first-order valence-electron chi connectivity index (χ1n) is 9.14. The van der Waals surface area contributed by atoms with Crippen LogP contribution < -0.4 is 5.32 Å². The maximum Gasteiger partial charge on any atom is 0.321 e. The Morgan fingerprint density at radius 3 is 2.81 bits per heavy atom. The molecule has 0 spiro atoms. The van der Waals surface area contributed by atoms with Crippen LogP contribution >= 0.6 is 11.6 Å². The molecule has 1 saturated carbocycles. The van der Waals surface area contributed by atoms with Gasteiger partial charge < -0.3 is 19.9 Å². The molecule has 26 heavy (non-hydrogen) atoms. The van der Waals surface area contributed by atoms with E-state index in [9.17, 15) is 9.59 Å². The Balaban J connectivity index is 1.40. The lowest BCUT2D eigenvalue weighted by atomic mass is 10.0. The van der Waals surface area contributed by atoms with Crippen LogP contribution in [0.25, 0.3) is 0 Å². The fraction of sp³-hybridized carbons (Fsp3) is 0.579. The highest BCUT2D eigenvalue weighted by Crippen LogP contribution is 2.36. The van der Waals surface area contributed by atoms with Gasteiger partial charge in [-0.25, -0.2) is 4.79 Å². The van der Waals surface area contributed by atoms with Gasteiger partial charge in [-0.3, -0.25) is 4.79 Å². The maximum atomic E-state index is 12.6. The fourth-order valence-electron chi connectivity index (χ4n) is 3.82. The van der Waals surface area contributed by atoms with Crippen molar-refractivity contribution < 1.29 is 14.3 Å². The minimum atomic E-state index is -0.419. The molecule has 4 rings (SSSR count). The monoisotopic (exact) mass is 377 g/mol. The van der Waals surface area contributed by atoms with Gasteiger partial charge in [0.25, 0.3) is 5.91 Å². The Morgan fingerprint density at radius 2 is 2.12 bits per heavy atom. The van der Waals surface area contributed by atoms with E-state index in [2.05, 4.69) is 5.32 Å². The zero-order valence-corrected chi connectivity index (χ0v) is 15.8. The summed E-state index contributed by atoms with van der Waals surface area (Å²) in [6, 6.07) is 5.33. The minimum absolute atomic E-state index is 0.0269. The predicted molar refractivity (Wildman–Crippen MR) is 99.3 cm³/mol. The van der Waals surface area contributed by atoms with E-state index in [1.807, 2.05) is 26.1 Å². The molecule has 2 heterocycles. The number of rotatable bonds is 4. The van der Waals surface area contributed by atoms with Gasteiger partial charge in [0.1, 0.15) is 6.10 Å². The molecule has 3 amide bonds. The van der Waals surface area contributed by atoms with E-state index in [0.29, 0.717) is 36.3 Å². The average molecular weight is 378 g/mol. The highest BCUT2D eigenvalue weighted by molar-refractivity contribution is 6.31. The number of anilines is 1. The first-order chi connectivity index (χ1) is 12.4. The number of nitrogens with one attached hydrogen (secondary N) is 1. The number of aryl methyl sites for hydroxylation is 1. The molecular weight excluding hydrogens is 354 g/mol. The van der Waals surface area contributed by atoms with Gasteiger partial charge in [-0.1, -0.05) is 17.7 Å². The van der Waals surface area contributed by atoms with Gasteiger partial charge >= 0.3 is 6.03 Å². The van der Waals surface area contributed by atoms with E-state index in [0.717, 1.165) is 5.56 Å². The third-order valence-electron chi connectivity index (χ3n) is 5.73. The molecule has 3 atom stereocenters. The molecule has 1 N–H and O–H groups in total. The molecule has 2 aliphatic heterocycles. The summed E-state index contributed by atoms with van der Waals surface area (Å²) in [5, 5.41) is 3.53. The van der Waals surface area contributed by atoms with Crippen LogP contribution in [0.15, 0.2) is 18.2 Å². The minimum Gasteiger partial charge on any atom is -0.368 e. The van der Waals surface area contributed by atoms with Crippen molar-refractivity contribution in [3.63, 3.8) is 0 Å². The third kappa shape index (κ3) is 3.28. The number of likely N-dealkylation sites (tertiary alicyclic amines) is 2. The SMILES string of the molecule is Cc1ccc(NC(=O)N2C[C@@H]3[C@H](OCC4CC4)C(=O)N(C)[C@@H]3C2)cc1Cl. The summed E-state index contributed by atoms with van der Waals surface area (Å²) in [5.41, 5.74) is 1.64. The molecule has 0 radical (unpaired) electrons. The van der Waals surface area contributed by atoms with Crippen molar-refractivity contribution in [1.82, 2.24) is 9.80 Å². The number of hydrogen-bond acceptors (Lipinski definition) is 3. The average Bonchev–Trinajstić information content (AvgIpc) is 3.29. The van der Waals surface area contributed by atoms with E-state index in [4.69, 9.17) is 16.3 Å². The van der Waals surface area contributed by atoms with Crippen molar-refractivity contribution in [1.29, 1.82) is 0 Å². The Bertz CT molecular complexity index is 737. The van der Waals surface area contributed by atoms with Gasteiger partial charge in [-0.05, 0) is 43.4 Å². The van der Waals surface area contributed by atoms with Crippen LogP contribution in [0.5, 0.6) is 0 Å². The number of carbonyl (C=O) groups is 2. The third-order valence-corrected chi connectivity index (χ3v) is 6.14. The van der Waals surface area contributed by atoms with Crippen LogP contribution in [-0.2, 0) is 9.53 Å². The van der Waals surface area contributed by atoms with Crippen LogP contribution in [0.2, 0.25) is 5.02 Å². The summed E-state index contributed by atoms with van der Waals surface area (Å²) in [6.45, 7) is 3.63. The summed E-state index contributed by atoms with van der Waals surface area (Å²) < 4.78 is 5.93. The smallest absolute Gasteiger partial charge is 0.321 e. The first kappa shape index (κ1) is 17.6. The Morgan fingerprint density at radius 1 is 1.35 bits per heavy atom. The van der Waals surface area contributed by atoms with Gasteiger partial charge in [-0.2, -0.15) is 0 Å². The number of halogens is 1. The Kier molecular flexibility index (Phi) is 4.57. The predicted octanol–water partition coefficient (Wildman–Crippen LogP) is 2.75. The van der Waals surface area contributed by atoms with Crippen molar-refractivity contribution in [2.45, 2.75) is 31.9 Å². The van der Waals surface area contributed by atoms with Crippen LogP contribution in [-0.4, -0.2) is 60.6 Å². The van der Waals surface area contributed by atoms with E-state index in [-0.39, 0.29) is 23.9 Å². The molecule has 0 unspecified atom stereocenters. The molecule has 1 aliphatic carbocycles. The summed E-state index contributed by atoms with van der Waals surface area (Å²) in [6.07, 6.45) is 1.97. The quantitative estimate of drug-likeness (QED) is 0.877. The van der Waals surface area contributed by atoms with Crippen LogP contribution in [0.1, 0.15) is 18.4 Å². The number of benzene rings is 1.